The molecule has 0 heterocycles. The summed E-state index contributed by atoms with van der Waals surface area (Å²) in [4.78, 5) is 40.6. The van der Waals surface area contributed by atoms with Crippen LogP contribution in [0.25, 0.3) is 0 Å². The molecule has 1 aromatic carbocycles. The summed E-state index contributed by atoms with van der Waals surface area (Å²) in [5.74, 6) is 1.55. The smallest absolute Gasteiger partial charge is 0.302 e. The number of hydrogen-bond acceptors (Lipinski definition) is 6. The number of amides is 1. The van der Waals surface area contributed by atoms with Crippen molar-refractivity contribution < 1.29 is 23.9 Å². The van der Waals surface area contributed by atoms with Crippen molar-refractivity contribution in [1.29, 1.82) is 0 Å². The van der Waals surface area contributed by atoms with Crippen molar-refractivity contribution in [2.24, 2.45) is 40.4 Å². The molecule has 7 heteroatoms. The summed E-state index contributed by atoms with van der Waals surface area (Å²) in [6.45, 7) is 10.2. The van der Waals surface area contributed by atoms with Crippen LogP contribution >= 0.6 is 0 Å². The van der Waals surface area contributed by atoms with Crippen LogP contribution in [0.5, 0.6) is 0 Å². The Morgan fingerprint density at radius 3 is 2.15 bits per heavy atom. The first kappa shape index (κ1) is 30.1. The lowest BCUT2D eigenvalue weighted by atomic mass is 9.43. The van der Waals surface area contributed by atoms with Gasteiger partial charge >= 0.3 is 11.9 Å². The molecule has 0 spiro atoms. The molecule has 11 atom stereocenters. The zero-order valence-corrected chi connectivity index (χ0v) is 26.0. The molecule has 11 unspecified atom stereocenters. The molecule has 4 aliphatic carbocycles. The third kappa shape index (κ3) is 5.32. The Morgan fingerprint density at radius 2 is 1.51 bits per heavy atom. The molecule has 7 nitrogen and oxygen atoms in total. The minimum absolute atomic E-state index is 0.0859. The van der Waals surface area contributed by atoms with Crippen molar-refractivity contribution in [3.8, 4) is 0 Å². The monoisotopic (exact) mass is 566 g/mol. The molecular formula is C34H50N2O5. The molecule has 0 saturated heterocycles. The number of carbonyl (C=O) groups is 3. The van der Waals surface area contributed by atoms with Gasteiger partial charge in [0.2, 0.25) is 0 Å². The summed E-state index contributed by atoms with van der Waals surface area (Å²) in [5, 5.41) is 3.14. The molecule has 5 rings (SSSR count). The first-order valence-electron chi connectivity index (χ1n) is 15.7. The van der Waals surface area contributed by atoms with Gasteiger partial charge in [0.15, 0.2) is 0 Å². The average molecular weight is 567 g/mol. The van der Waals surface area contributed by atoms with E-state index in [-0.39, 0.29) is 29.2 Å². The quantitative estimate of drug-likeness (QED) is 0.459. The third-order valence-corrected chi connectivity index (χ3v) is 12.2. The lowest BCUT2D eigenvalue weighted by Gasteiger charge is -2.63. The number of carbonyl (C=O) groups excluding carboxylic acids is 3. The highest BCUT2D eigenvalue weighted by molar-refractivity contribution is 5.94. The Hall–Kier alpha value is -2.41. The summed E-state index contributed by atoms with van der Waals surface area (Å²) in [6.07, 6.45) is 6.50. The fraction of sp³-hybridized carbons (Fsp3) is 0.735. The molecule has 1 N–H and O–H groups in total. The van der Waals surface area contributed by atoms with E-state index < -0.39 is 18.2 Å². The number of ether oxygens (including phenoxy) is 2. The Bertz CT molecular complexity index is 1140. The standard InChI is InChI=1S/C34H50N2O5/c1-20(36(6)7)25-15-16-26-24-13-14-28-31(41-22(3)38)30(35-32(39)23-11-9-8-10-12-23)29(40-21(2)37)19-34(28,5)27(24)17-18-33(25,26)4/h8-12,20,24-31H,13-19H2,1-7H3,(H,35,39). The normalized spacial score (nSPS) is 40.5. The molecule has 0 radical (unpaired) electrons. The molecule has 1 aromatic rings. The summed E-state index contributed by atoms with van der Waals surface area (Å²) in [5.41, 5.74) is 0.699. The van der Waals surface area contributed by atoms with Gasteiger partial charge in [-0.15, -0.1) is 0 Å². The van der Waals surface area contributed by atoms with E-state index in [4.69, 9.17) is 9.47 Å². The maximum absolute atomic E-state index is 13.3. The van der Waals surface area contributed by atoms with E-state index in [0.29, 0.717) is 47.1 Å². The number of fused-ring (bicyclic) bond motifs is 5. The summed E-state index contributed by atoms with van der Waals surface area (Å²) < 4.78 is 12.1. The minimum atomic E-state index is -0.601. The zero-order chi connectivity index (χ0) is 29.7. The van der Waals surface area contributed by atoms with E-state index in [0.717, 1.165) is 19.3 Å². The third-order valence-electron chi connectivity index (χ3n) is 12.2. The number of benzene rings is 1. The Morgan fingerprint density at radius 1 is 0.878 bits per heavy atom. The molecule has 4 fully saturated rings. The van der Waals surface area contributed by atoms with Crippen LogP contribution < -0.4 is 5.32 Å². The second-order valence-corrected chi connectivity index (χ2v) is 14.3. The number of esters is 2. The SMILES string of the molecule is CC(=O)OC1CC2(C)C3CCC4(C)C(CCC4C(C)N(C)C)C3CCC2C(OC(C)=O)C1NC(=O)c1ccccc1. The van der Waals surface area contributed by atoms with Crippen molar-refractivity contribution in [2.75, 3.05) is 14.1 Å². The minimum Gasteiger partial charge on any atom is -0.460 e. The van der Waals surface area contributed by atoms with Crippen LogP contribution in [-0.2, 0) is 19.1 Å². The van der Waals surface area contributed by atoms with Gasteiger partial charge in [0, 0.05) is 31.4 Å². The van der Waals surface area contributed by atoms with Gasteiger partial charge in [-0.05, 0) is 113 Å². The predicted octanol–water partition coefficient (Wildman–Crippen LogP) is 5.48. The van der Waals surface area contributed by atoms with Crippen LogP contribution in [0.3, 0.4) is 0 Å². The highest BCUT2D eigenvalue weighted by atomic mass is 16.6. The Balaban J connectivity index is 1.47. The molecule has 0 aliphatic heterocycles. The van der Waals surface area contributed by atoms with Crippen molar-refractivity contribution in [1.82, 2.24) is 10.2 Å². The van der Waals surface area contributed by atoms with Gasteiger partial charge in [0.05, 0.1) is 0 Å². The number of nitrogens with one attached hydrogen (secondary N) is 1. The molecule has 226 valence electrons. The molecular weight excluding hydrogens is 516 g/mol. The van der Waals surface area contributed by atoms with Crippen molar-refractivity contribution in [3.63, 3.8) is 0 Å². The topological polar surface area (TPSA) is 84.9 Å². The largest absolute Gasteiger partial charge is 0.460 e. The van der Waals surface area contributed by atoms with E-state index in [9.17, 15) is 14.4 Å². The molecule has 41 heavy (non-hydrogen) atoms. The van der Waals surface area contributed by atoms with Crippen LogP contribution in [0.2, 0.25) is 0 Å². The number of rotatable bonds is 6. The van der Waals surface area contributed by atoms with Gasteiger partial charge in [-0.25, -0.2) is 0 Å². The van der Waals surface area contributed by atoms with E-state index in [1.54, 1.807) is 12.1 Å². The van der Waals surface area contributed by atoms with E-state index in [1.807, 2.05) is 18.2 Å². The van der Waals surface area contributed by atoms with Gasteiger partial charge in [0.25, 0.3) is 5.91 Å². The fourth-order valence-corrected chi connectivity index (χ4v) is 10.2. The van der Waals surface area contributed by atoms with Crippen molar-refractivity contribution >= 4 is 17.8 Å². The lowest BCUT2D eigenvalue weighted by Crippen LogP contribution is -2.67. The second kappa shape index (κ2) is 11.3. The second-order valence-electron chi connectivity index (χ2n) is 14.3. The summed E-state index contributed by atoms with van der Waals surface area (Å²) in [7, 11) is 4.41. The summed E-state index contributed by atoms with van der Waals surface area (Å²) >= 11 is 0. The summed E-state index contributed by atoms with van der Waals surface area (Å²) in [6, 6.07) is 9.00. The van der Waals surface area contributed by atoms with Crippen LogP contribution in [0.1, 0.15) is 89.9 Å². The zero-order valence-electron chi connectivity index (χ0n) is 26.0. The first-order chi connectivity index (χ1) is 19.4. The maximum atomic E-state index is 13.3. The van der Waals surface area contributed by atoms with Crippen molar-refractivity contribution in [3.05, 3.63) is 35.9 Å². The predicted molar refractivity (Wildman–Crippen MR) is 158 cm³/mol. The van der Waals surface area contributed by atoms with Gasteiger partial charge < -0.3 is 19.7 Å². The van der Waals surface area contributed by atoms with Crippen LogP contribution in [0.4, 0.5) is 0 Å². The average Bonchev–Trinajstić information content (AvgIpc) is 3.26. The number of hydrogen-bond donors (Lipinski definition) is 1. The van der Waals surface area contributed by atoms with Crippen LogP contribution in [0, 0.1) is 40.4 Å². The highest BCUT2D eigenvalue weighted by Crippen LogP contribution is 2.68. The van der Waals surface area contributed by atoms with E-state index in [1.165, 1.54) is 33.1 Å². The van der Waals surface area contributed by atoms with Gasteiger partial charge in [0.1, 0.15) is 18.2 Å². The Labute approximate surface area is 246 Å². The Kier molecular flexibility index (Phi) is 8.32. The highest BCUT2D eigenvalue weighted by Gasteiger charge is 2.64. The van der Waals surface area contributed by atoms with Gasteiger partial charge in [-0.1, -0.05) is 32.0 Å². The molecule has 0 aromatic heterocycles. The molecule has 0 bridgehead atoms. The van der Waals surface area contributed by atoms with Gasteiger partial charge in [-0.2, -0.15) is 0 Å². The lowest BCUT2D eigenvalue weighted by molar-refractivity contribution is -0.202. The molecule has 4 saturated carbocycles. The molecule has 4 aliphatic rings. The van der Waals surface area contributed by atoms with E-state index in [2.05, 4.69) is 45.1 Å². The van der Waals surface area contributed by atoms with Crippen LogP contribution in [0.15, 0.2) is 30.3 Å². The van der Waals surface area contributed by atoms with Gasteiger partial charge in [-0.3, -0.25) is 14.4 Å². The fourth-order valence-electron chi connectivity index (χ4n) is 10.2. The van der Waals surface area contributed by atoms with Crippen molar-refractivity contribution in [2.45, 2.75) is 104 Å². The van der Waals surface area contributed by atoms with E-state index >= 15 is 0 Å². The van der Waals surface area contributed by atoms with Crippen LogP contribution in [-0.4, -0.2) is 61.1 Å². The molecule has 1 amide bonds. The first-order valence-corrected chi connectivity index (χ1v) is 15.7. The number of nitrogens with zero attached hydrogens (tertiary/aromatic N) is 1. The maximum Gasteiger partial charge on any atom is 0.302 e.